The Bertz CT molecular complexity index is 283. The van der Waals surface area contributed by atoms with Gasteiger partial charge in [0.15, 0.2) is 0 Å². The lowest BCUT2D eigenvalue weighted by Crippen LogP contribution is -2.61. The maximum absolute atomic E-state index is 11.4. The minimum absolute atomic E-state index is 0.290. The first kappa shape index (κ1) is 15.4. The van der Waals surface area contributed by atoms with Gasteiger partial charge < -0.3 is 9.84 Å². The van der Waals surface area contributed by atoms with Crippen molar-refractivity contribution in [3.05, 3.63) is 0 Å². The topological polar surface area (TPSA) is 49.8 Å². The zero-order valence-corrected chi connectivity index (χ0v) is 12.3. The van der Waals surface area contributed by atoms with Crippen LogP contribution in [-0.2, 0) is 9.53 Å². The summed E-state index contributed by atoms with van der Waals surface area (Å²) in [6.07, 6.45) is 2.70. The Morgan fingerprint density at radius 1 is 1.28 bits per heavy atom. The summed E-state index contributed by atoms with van der Waals surface area (Å²) in [6.45, 7) is 11.6. The highest BCUT2D eigenvalue weighted by atomic mass is 16.5. The number of rotatable bonds is 5. The number of ether oxygens (including phenoxy) is 1. The van der Waals surface area contributed by atoms with Gasteiger partial charge in [-0.2, -0.15) is 0 Å². The van der Waals surface area contributed by atoms with E-state index in [-0.39, 0.29) is 17.2 Å². The quantitative estimate of drug-likeness (QED) is 0.822. The number of carboxylic acids is 1. The molecule has 0 amide bonds. The third-order valence-electron chi connectivity index (χ3n) is 3.28. The molecule has 0 saturated carbocycles. The molecule has 1 rings (SSSR count). The molecule has 1 aliphatic rings. The first-order chi connectivity index (χ1) is 8.17. The van der Waals surface area contributed by atoms with E-state index in [0.717, 1.165) is 19.3 Å². The van der Waals surface area contributed by atoms with E-state index in [2.05, 4.69) is 11.8 Å². The normalized spacial score (nSPS) is 24.7. The van der Waals surface area contributed by atoms with E-state index in [9.17, 15) is 9.90 Å². The Kier molecular flexibility index (Phi) is 4.78. The smallest absolute Gasteiger partial charge is 0.320 e. The van der Waals surface area contributed by atoms with Crippen LogP contribution < -0.4 is 0 Å². The molecule has 0 radical (unpaired) electrons. The van der Waals surface area contributed by atoms with E-state index in [1.807, 2.05) is 27.7 Å². The van der Waals surface area contributed by atoms with Gasteiger partial charge in [0, 0.05) is 13.1 Å². The first-order valence-electron chi connectivity index (χ1n) is 6.84. The lowest BCUT2D eigenvalue weighted by atomic mass is 9.96. The molecule has 4 nitrogen and oxygen atoms in total. The second-order valence-corrected chi connectivity index (χ2v) is 6.52. The van der Waals surface area contributed by atoms with Crippen LogP contribution in [0.2, 0.25) is 0 Å². The fourth-order valence-electron chi connectivity index (χ4n) is 2.93. The van der Waals surface area contributed by atoms with Crippen LogP contribution in [0.15, 0.2) is 0 Å². The van der Waals surface area contributed by atoms with E-state index < -0.39 is 5.97 Å². The van der Waals surface area contributed by atoms with E-state index in [0.29, 0.717) is 13.1 Å². The monoisotopic (exact) mass is 257 g/mol. The summed E-state index contributed by atoms with van der Waals surface area (Å²) in [4.78, 5) is 13.5. The van der Waals surface area contributed by atoms with Gasteiger partial charge in [0.2, 0.25) is 0 Å². The number of carboxylic acid groups (broad SMARTS) is 1. The van der Waals surface area contributed by atoms with Crippen LogP contribution in [0.4, 0.5) is 0 Å². The molecule has 1 heterocycles. The number of morpholine rings is 1. The molecule has 4 heteroatoms. The predicted molar refractivity (Wildman–Crippen MR) is 71.8 cm³/mol. The van der Waals surface area contributed by atoms with Crippen molar-refractivity contribution in [3.8, 4) is 0 Å². The maximum Gasteiger partial charge on any atom is 0.320 e. The Labute approximate surface area is 110 Å². The molecule has 0 aromatic heterocycles. The zero-order valence-electron chi connectivity index (χ0n) is 12.3. The van der Waals surface area contributed by atoms with Crippen molar-refractivity contribution in [1.82, 2.24) is 4.90 Å². The molecule has 1 atom stereocenters. The van der Waals surface area contributed by atoms with Crippen LogP contribution >= 0.6 is 0 Å². The van der Waals surface area contributed by atoms with Crippen LogP contribution in [0.3, 0.4) is 0 Å². The second-order valence-electron chi connectivity index (χ2n) is 6.52. The number of carbonyl (C=O) groups is 1. The highest BCUT2D eigenvalue weighted by Crippen LogP contribution is 2.30. The van der Waals surface area contributed by atoms with Crippen molar-refractivity contribution in [2.45, 2.75) is 71.1 Å². The number of hydrogen-bond donors (Lipinski definition) is 1. The van der Waals surface area contributed by atoms with E-state index in [1.54, 1.807) is 0 Å². The molecule has 106 valence electrons. The van der Waals surface area contributed by atoms with Gasteiger partial charge in [-0.3, -0.25) is 9.69 Å². The summed E-state index contributed by atoms with van der Waals surface area (Å²) >= 11 is 0. The molecule has 1 unspecified atom stereocenters. The molecule has 0 spiro atoms. The molecule has 0 aromatic carbocycles. The fraction of sp³-hybridized carbons (Fsp3) is 0.929. The third-order valence-corrected chi connectivity index (χ3v) is 3.28. The molecule has 1 N–H and O–H groups in total. The number of aliphatic carboxylic acids is 1. The summed E-state index contributed by atoms with van der Waals surface area (Å²) in [5, 5.41) is 9.41. The van der Waals surface area contributed by atoms with Gasteiger partial charge in [-0.05, 0) is 34.1 Å². The molecule has 0 bridgehead atoms. The molecule has 18 heavy (non-hydrogen) atoms. The predicted octanol–water partition coefficient (Wildman–Crippen LogP) is 2.52. The molecule has 0 aromatic rings. The summed E-state index contributed by atoms with van der Waals surface area (Å²) in [5.41, 5.74) is -0.580. The van der Waals surface area contributed by atoms with E-state index in [4.69, 9.17) is 4.74 Å². The van der Waals surface area contributed by atoms with Crippen molar-refractivity contribution in [2.24, 2.45) is 0 Å². The van der Waals surface area contributed by atoms with Crippen LogP contribution in [0.1, 0.15) is 53.9 Å². The summed E-state index contributed by atoms with van der Waals surface area (Å²) in [5.74, 6) is -0.711. The van der Waals surface area contributed by atoms with E-state index in [1.165, 1.54) is 0 Å². The Hall–Kier alpha value is -0.610. The summed E-state index contributed by atoms with van der Waals surface area (Å²) in [6, 6.07) is -0.382. The highest BCUT2D eigenvalue weighted by Gasteiger charge is 2.41. The average Bonchev–Trinajstić information content (AvgIpc) is 2.12. The number of nitrogens with zero attached hydrogens (tertiary/aromatic N) is 1. The van der Waals surface area contributed by atoms with Crippen molar-refractivity contribution in [1.29, 1.82) is 0 Å². The largest absolute Gasteiger partial charge is 0.480 e. The molecular formula is C14H27NO3. The Morgan fingerprint density at radius 2 is 1.78 bits per heavy atom. The molecule has 0 aliphatic carbocycles. The van der Waals surface area contributed by atoms with Crippen molar-refractivity contribution >= 4 is 5.97 Å². The van der Waals surface area contributed by atoms with Gasteiger partial charge in [0.25, 0.3) is 0 Å². The number of unbranched alkanes of at least 4 members (excludes halogenated alkanes) is 1. The van der Waals surface area contributed by atoms with Crippen molar-refractivity contribution in [3.63, 3.8) is 0 Å². The molecule has 1 aliphatic heterocycles. The minimum Gasteiger partial charge on any atom is -0.480 e. The van der Waals surface area contributed by atoms with Crippen LogP contribution in [-0.4, -0.2) is 46.3 Å². The Balaban J connectivity index is 2.80. The first-order valence-corrected chi connectivity index (χ1v) is 6.84. The highest BCUT2D eigenvalue weighted by molar-refractivity contribution is 5.73. The van der Waals surface area contributed by atoms with Gasteiger partial charge >= 0.3 is 5.97 Å². The van der Waals surface area contributed by atoms with Crippen LogP contribution in [0.25, 0.3) is 0 Å². The molecule has 1 fully saturated rings. The average molecular weight is 257 g/mol. The van der Waals surface area contributed by atoms with Gasteiger partial charge in [-0.25, -0.2) is 0 Å². The second kappa shape index (κ2) is 5.57. The van der Waals surface area contributed by atoms with E-state index >= 15 is 0 Å². The van der Waals surface area contributed by atoms with Crippen LogP contribution in [0, 0.1) is 0 Å². The lowest BCUT2D eigenvalue weighted by molar-refractivity contribution is -0.192. The fourth-order valence-corrected chi connectivity index (χ4v) is 2.93. The van der Waals surface area contributed by atoms with Gasteiger partial charge in [-0.1, -0.05) is 19.8 Å². The SMILES string of the molecule is CCCCC(C(=O)O)N1CC(C)(C)OC(C)(C)C1. The van der Waals surface area contributed by atoms with Crippen molar-refractivity contribution < 1.29 is 14.6 Å². The van der Waals surface area contributed by atoms with Crippen molar-refractivity contribution in [2.75, 3.05) is 13.1 Å². The molecular weight excluding hydrogens is 230 g/mol. The van der Waals surface area contributed by atoms with Gasteiger partial charge in [0.05, 0.1) is 11.2 Å². The summed E-state index contributed by atoms with van der Waals surface area (Å²) in [7, 11) is 0. The minimum atomic E-state index is -0.711. The van der Waals surface area contributed by atoms with Gasteiger partial charge in [0.1, 0.15) is 6.04 Å². The lowest BCUT2D eigenvalue weighted by Gasteiger charge is -2.48. The summed E-state index contributed by atoms with van der Waals surface area (Å²) < 4.78 is 5.99. The van der Waals surface area contributed by atoms with Crippen LogP contribution in [0.5, 0.6) is 0 Å². The number of hydrogen-bond acceptors (Lipinski definition) is 3. The third kappa shape index (κ3) is 4.25. The zero-order chi connectivity index (χ0) is 14.0. The maximum atomic E-state index is 11.4. The standard InChI is InChI=1S/C14H27NO3/c1-6-7-8-11(12(16)17)15-9-13(2,3)18-14(4,5)10-15/h11H,6-10H2,1-5H3,(H,16,17). The van der Waals surface area contributed by atoms with Gasteiger partial charge in [-0.15, -0.1) is 0 Å². The molecule has 1 saturated heterocycles. The Morgan fingerprint density at radius 3 is 2.17 bits per heavy atom.